The standard InChI is InChI=1S/C30H30N2O5S/c1-4-21-9-12-24(13-10-21)31-28(33)18-32-29(34)27(38-30(32)35)17-22-11-14-25(26(16-22)36-5-2)37-19-23-8-6-7-20(3)15-23/h6-17H,4-5,18-19H2,1-3H3,(H,31,33)/b27-17-. The molecular formula is C30H30N2O5S. The van der Waals surface area contributed by atoms with Gasteiger partial charge in [0.2, 0.25) is 5.91 Å². The Hall–Kier alpha value is -4.04. The van der Waals surface area contributed by atoms with Crippen molar-refractivity contribution in [1.29, 1.82) is 0 Å². The van der Waals surface area contributed by atoms with E-state index in [-0.39, 0.29) is 11.4 Å². The summed E-state index contributed by atoms with van der Waals surface area (Å²) < 4.78 is 11.8. The summed E-state index contributed by atoms with van der Waals surface area (Å²) in [5.74, 6) is 0.185. The molecule has 0 radical (unpaired) electrons. The van der Waals surface area contributed by atoms with E-state index < -0.39 is 17.1 Å². The lowest BCUT2D eigenvalue weighted by Gasteiger charge is -2.13. The summed E-state index contributed by atoms with van der Waals surface area (Å²) in [5, 5.41) is 2.25. The molecule has 3 aromatic rings. The number of hydrogen-bond donors (Lipinski definition) is 1. The smallest absolute Gasteiger partial charge is 0.294 e. The Balaban J connectivity index is 1.43. The highest BCUT2D eigenvalue weighted by atomic mass is 32.2. The lowest BCUT2D eigenvalue weighted by molar-refractivity contribution is -0.127. The Morgan fingerprint density at radius 1 is 0.947 bits per heavy atom. The van der Waals surface area contributed by atoms with Gasteiger partial charge in [-0.2, -0.15) is 0 Å². The number of benzene rings is 3. The number of amides is 3. The van der Waals surface area contributed by atoms with E-state index in [0.29, 0.717) is 36.0 Å². The summed E-state index contributed by atoms with van der Waals surface area (Å²) in [5.41, 5.74) is 4.65. The molecular weight excluding hydrogens is 500 g/mol. The second-order valence-electron chi connectivity index (χ2n) is 8.78. The molecule has 0 atom stereocenters. The van der Waals surface area contributed by atoms with Gasteiger partial charge in [0, 0.05) is 5.69 Å². The zero-order valence-electron chi connectivity index (χ0n) is 21.7. The minimum Gasteiger partial charge on any atom is -0.490 e. The van der Waals surface area contributed by atoms with E-state index in [2.05, 4.69) is 11.4 Å². The van der Waals surface area contributed by atoms with E-state index in [0.717, 1.165) is 39.8 Å². The molecule has 1 fully saturated rings. The molecule has 3 aromatic carbocycles. The van der Waals surface area contributed by atoms with Gasteiger partial charge in [-0.25, -0.2) is 0 Å². The van der Waals surface area contributed by atoms with Crippen LogP contribution in [0.4, 0.5) is 10.5 Å². The van der Waals surface area contributed by atoms with Crippen LogP contribution in [0.25, 0.3) is 6.08 Å². The molecule has 8 heteroatoms. The molecule has 196 valence electrons. The van der Waals surface area contributed by atoms with Crippen molar-refractivity contribution >= 4 is 40.6 Å². The first-order chi connectivity index (χ1) is 18.4. The fourth-order valence-electron chi connectivity index (χ4n) is 3.92. The third-order valence-electron chi connectivity index (χ3n) is 5.86. The fraction of sp³-hybridized carbons (Fsp3) is 0.233. The van der Waals surface area contributed by atoms with Crippen molar-refractivity contribution in [2.75, 3.05) is 18.5 Å². The van der Waals surface area contributed by atoms with Crippen LogP contribution < -0.4 is 14.8 Å². The Labute approximate surface area is 226 Å². The third kappa shape index (κ3) is 6.83. The second kappa shape index (κ2) is 12.5. The van der Waals surface area contributed by atoms with Crippen LogP contribution in [0.5, 0.6) is 11.5 Å². The fourth-order valence-corrected chi connectivity index (χ4v) is 4.76. The highest BCUT2D eigenvalue weighted by Gasteiger charge is 2.36. The van der Waals surface area contributed by atoms with E-state index in [1.54, 1.807) is 36.4 Å². The lowest BCUT2D eigenvalue weighted by Crippen LogP contribution is -2.36. The highest BCUT2D eigenvalue weighted by molar-refractivity contribution is 8.18. The minimum atomic E-state index is -0.505. The summed E-state index contributed by atoms with van der Waals surface area (Å²) >= 11 is 0.809. The Morgan fingerprint density at radius 3 is 2.45 bits per heavy atom. The minimum absolute atomic E-state index is 0.242. The summed E-state index contributed by atoms with van der Waals surface area (Å²) in [6.45, 7) is 6.44. The Bertz CT molecular complexity index is 1370. The van der Waals surface area contributed by atoms with Crippen molar-refractivity contribution in [3.63, 3.8) is 0 Å². The summed E-state index contributed by atoms with van der Waals surface area (Å²) in [6.07, 6.45) is 2.52. The van der Waals surface area contributed by atoms with Gasteiger partial charge in [0.15, 0.2) is 11.5 Å². The van der Waals surface area contributed by atoms with Crippen molar-refractivity contribution in [1.82, 2.24) is 4.90 Å². The molecule has 1 saturated heterocycles. The number of nitrogens with one attached hydrogen (secondary N) is 1. The Morgan fingerprint density at radius 2 is 1.74 bits per heavy atom. The van der Waals surface area contributed by atoms with Crippen LogP contribution in [-0.2, 0) is 22.6 Å². The van der Waals surface area contributed by atoms with Gasteiger partial charge in [-0.3, -0.25) is 19.3 Å². The van der Waals surface area contributed by atoms with Crippen LogP contribution in [0.15, 0.2) is 71.6 Å². The van der Waals surface area contributed by atoms with Crippen LogP contribution in [-0.4, -0.2) is 35.1 Å². The van der Waals surface area contributed by atoms with Gasteiger partial charge in [0.05, 0.1) is 11.5 Å². The van der Waals surface area contributed by atoms with Crippen LogP contribution in [0.2, 0.25) is 0 Å². The highest BCUT2D eigenvalue weighted by Crippen LogP contribution is 2.35. The molecule has 7 nitrogen and oxygen atoms in total. The zero-order chi connectivity index (χ0) is 27.1. The van der Waals surface area contributed by atoms with Crippen molar-refractivity contribution in [2.24, 2.45) is 0 Å². The van der Waals surface area contributed by atoms with E-state index in [4.69, 9.17) is 9.47 Å². The molecule has 1 aliphatic rings. The number of aryl methyl sites for hydroxylation is 2. The van der Waals surface area contributed by atoms with Gasteiger partial charge in [0.25, 0.3) is 11.1 Å². The quantitative estimate of drug-likeness (QED) is 0.314. The number of thioether (sulfide) groups is 1. The molecule has 0 saturated carbocycles. The molecule has 1 heterocycles. The number of nitrogens with zero attached hydrogens (tertiary/aromatic N) is 1. The number of ether oxygens (including phenoxy) is 2. The molecule has 0 aromatic heterocycles. The molecule has 0 unspecified atom stereocenters. The maximum absolute atomic E-state index is 12.9. The predicted octanol–water partition coefficient (Wildman–Crippen LogP) is 6.21. The van der Waals surface area contributed by atoms with E-state index in [1.165, 1.54) is 0 Å². The van der Waals surface area contributed by atoms with Crippen LogP contribution in [0.1, 0.15) is 36.1 Å². The number of hydrogen-bond acceptors (Lipinski definition) is 6. The number of anilines is 1. The number of imide groups is 1. The number of carbonyl (C=O) groups is 3. The van der Waals surface area contributed by atoms with Gasteiger partial charge in [-0.05, 0) is 79.1 Å². The summed E-state index contributed by atoms with van der Waals surface area (Å²) in [7, 11) is 0. The van der Waals surface area contributed by atoms with E-state index >= 15 is 0 Å². The molecule has 4 rings (SSSR count). The average molecular weight is 531 g/mol. The van der Waals surface area contributed by atoms with Gasteiger partial charge in [-0.1, -0.05) is 55.0 Å². The predicted molar refractivity (Wildman–Crippen MR) is 150 cm³/mol. The first-order valence-corrected chi connectivity index (χ1v) is 13.3. The van der Waals surface area contributed by atoms with Crippen LogP contribution in [0, 0.1) is 6.92 Å². The van der Waals surface area contributed by atoms with Gasteiger partial charge in [-0.15, -0.1) is 0 Å². The van der Waals surface area contributed by atoms with Crippen molar-refractivity contribution in [3.05, 3.63) is 93.9 Å². The van der Waals surface area contributed by atoms with Gasteiger partial charge in [0.1, 0.15) is 13.2 Å². The third-order valence-corrected chi connectivity index (χ3v) is 6.77. The number of carbonyl (C=O) groups excluding carboxylic acids is 3. The maximum atomic E-state index is 12.9. The second-order valence-corrected chi connectivity index (χ2v) is 9.78. The van der Waals surface area contributed by atoms with Crippen LogP contribution in [0.3, 0.4) is 0 Å². The van der Waals surface area contributed by atoms with Crippen LogP contribution >= 0.6 is 11.8 Å². The molecule has 1 aliphatic heterocycles. The van der Waals surface area contributed by atoms with Gasteiger partial charge >= 0.3 is 0 Å². The summed E-state index contributed by atoms with van der Waals surface area (Å²) in [6, 6.07) is 20.9. The molecule has 38 heavy (non-hydrogen) atoms. The van der Waals surface area contributed by atoms with Gasteiger partial charge < -0.3 is 14.8 Å². The lowest BCUT2D eigenvalue weighted by atomic mass is 10.1. The average Bonchev–Trinajstić information content (AvgIpc) is 3.16. The Kier molecular flexibility index (Phi) is 8.86. The van der Waals surface area contributed by atoms with Crippen molar-refractivity contribution in [3.8, 4) is 11.5 Å². The van der Waals surface area contributed by atoms with Crippen molar-refractivity contribution < 1.29 is 23.9 Å². The van der Waals surface area contributed by atoms with E-state index in [1.807, 2.05) is 51.1 Å². The molecule has 0 bridgehead atoms. The monoisotopic (exact) mass is 530 g/mol. The molecule has 1 N–H and O–H groups in total. The first-order valence-electron chi connectivity index (χ1n) is 12.5. The number of rotatable bonds is 10. The topological polar surface area (TPSA) is 84.9 Å². The largest absolute Gasteiger partial charge is 0.490 e. The first kappa shape index (κ1) is 27.0. The maximum Gasteiger partial charge on any atom is 0.294 e. The molecule has 0 spiro atoms. The SMILES string of the molecule is CCOc1cc(/C=C2\SC(=O)N(CC(=O)Nc3ccc(CC)cc3)C2=O)ccc1OCc1cccc(C)c1. The van der Waals surface area contributed by atoms with E-state index in [9.17, 15) is 14.4 Å². The zero-order valence-corrected chi connectivity index (χ0v) is 22.5. The van der Waals surface area contributed by atoms with Crippen molar-refractivity contribution in [2.45, 2.75) is 33.8 Å². The molecule has 0 aliphatic carbocycles. The summed E-state index contributed by atoms with van der Waals surface area (Å²) in [4.78, 5) is 39.2. The molecule has 3 amide bonds. The normalized spacial score (nSPS) is 14.2.